The van der Waals surface area contributed by atoms with Crippen molar-refractivity contribution in [2.45, 2.75) is 19.8 Å². The van der Waals surface area contributed by atoms with Crippen molar-refractivity contribution in [2.75, 3.05) is 25.0 Å². The predicted molar refractivity (Wildman–Crippen MR) is 78.0 cm³/mol. The molecule has 0 bridgehead atoms. The SMILES string of the molecule is Cc1cc(I)ccc1NCC1CCNCC1. The molecule has 0 atom stereocenters. The first kappa shape index (κ1) is 12.2. The Bertz CT molecular complexity index is 346. The smallest absolute Gasteiger partial charge is 0.0370 e. The number of hydrogen-bond acceptors (Lipinski definition) is 2. The van der Waals surface area contributed by atoms with Gasteiger partial charge < -0.3 is 10.6 Å². The molecule has 1 aliphatic heterocycles. The molecular formula is C13H19IN2. The summed E-state index contributed by atoms with van der Waals surface area (Å²) in [5, 5.41) is 6.98. The van der Waals surface area contributed by atoms with Gasteiger partial charge in [0.2, 0.25) is 0 Å². The largest absolute Gasteiger partial charge is 0.385 e. The maximum absolute atomic E-state index is 3.58. The van der Waals surface area contributed by atoms with Gasteiger partial charge in [0.05, 0.1) is 0 Å². The minimum absolute atomic E-state index is 0.833. The number of aryl methyl sites for hydroxylation is 1. The van der Waals surface area contributed by atoms with Crippen LogP contribution >= 0.6 is 22.6 Å². The Morgan fingerprint density at radius 1 is 1.38 bits per heavy atom. The summed E-state index contributed by atoms with van der Waals surface area (Å²) < 4.78 is 1.31. The molecule has 1 aliphatic rings. The topological polar surface area (TPSA) is 24.1 Å². The molecule has 88 valence electrons. The molecule has 1 saturated heterocycles. The molecule has 1 aromatic rings. The number of anilines is 1. The van der Waals surface area contributed by atoms with Crippen LogP contribution in [0, 0.1) is 16.4 Å². The highest BCUT2D eigenvalue weighted by Crippen LogP contribution is 2.19. The van der Waals surface area contributed by atoms with Crippen molar-refractivity contribution < 1.29 is 0 Å². The van der Waals surface area contributed by atoms with Crippen LogP contribution in [0.25, 0.3) is 0 Å². The van der Waals surface area contributed by atoms with Crippen LogP contribution in [0.3, 0.4) is 0 Å². The maximum Gasteiger partial charge on any atom is 0.0370 e. The minimum Gasteiger partial charge on any atom is -0.385 e. The standard InChI is InChI=1S/C13H19IN2/c1-10-8-12(14)2-3-13(10)16-9-11-4-6-15-7-5-11/h2-3,8,11,15-16H,4-7,9H2,1H3. The third-order valence-electron chi connectivity index (χ3n) is 3.23. The highest BCUT2D eigenvalue weighted by Gasteiger charge is 2.12. The highest BCUT2D eigenvalue weighted by molar-refractivity contribution is 14.1. The fourth-order valence-corrected chi connectivity index (χ4v) is 2.81. The molecule has 0 saturated carbocycles. The zero-order valence-corrected chi connectivity index (χ0v) is 11.9. The van der Waals surface area contributed by atoms with Gasteiger partial charge in [-0.05, 0) is 85.1 Å². The number of piperidine rings is 1. The molecule has 1 aromatic carbocycles. The molecule has 1 heterocycles. The summed E-state index contributed by atoms with van der Waals surface area (Å²) in [6.07, 6.45) is 2.60. The van der Waals surface area contributed by atoms with Crippen LogP contribution in [0.1, 0.15) is 18.4 Å². The molecule has 3 heteroatoms. The average molecular weight is 330 g/mol. The maximum atomic E-state index is 3.58. The Kier molecular flexibility index (Phi) is 4.46. The molecule has 1 fully saturated rings. The van der Waals surface area contributed by atoms with Crippen molar-refractivity contribution >= 4 is 28.3 Å². The summed E-state index contributed by atoms with van der Waals surface area (Å²) >= 11 is 2.36. The quantitative estimate of drug-likeness (QED) is 0.833. The Morgan fingerprint density at radius 2 is 2.12 bits per heavy atom. The van der Waals surface area contributed by atoms with E-state index in [2.05, 4.69) is 58.3 Å². The van der Waals surface area contributed by atoms with Gasteiger partial charge in [0.15, 0.2) is 0 Å². The Labute approximate surface area is 111 Å². The first-order chi connectivity index (χ1) is 7.75. The van der Waals surface area contributed by atoms with Crippen LogP contribution in [0.4, 0.5) is 5.69 Å². The number of rotatable bonds is 3. The van der Waals surface area contributed by atoms with Gasteiger partial charge in [-0.15, -0.1) is 0 Å². The van der Waals surface area contributed by atoms with E-state index in [1.165, 1.54) is 40.8 Å². The molecule has 0 unspecified atom stereocenters. The Morgan fingerprint density at radius 3 is 2.81 bits per heavy atom. The van der Waals surface area contributed by atoms with Crippen molar-refractivity contribution in [3.05, 3.63) is 27.3 Å². The molecule has 2 nitrogen and oxygen atoms in total. The number of nitrogens with one attached hydrogen (secondary N) is 2. The van der Waals surface area contributed by atoms with Crippen LogP contribution in [-0.4, -0.2) is 19.6 Å². The fraction of sp³-hybridized carbons (Fsp3) is 0.538. The second-order valence-corrected chi connectivity index (χ2v) is 5.78. The first-order valence-corrected chi connectivity index (χ1v) is 7.04. The molecule has 0 radical (unpaired) electrons. The average Bonchev–Trinajstić information content (AvgIpc) is 2.29. The molecule has 0 aromatic heterocycles. The van der Waals surface area contributed by atoms with Crippen LogP contribution in [0.5, 0.6) is 0 Å². The lowest BCUT2D eigenvalue weighted by Gasteiger charge is -2.23. The zero-order chi connectivity index (χ0) is 11.4. The highest BCUT2D eigenvalue weighted by atomic mass is 127. The normalized spacial score (nSPS) is 17.4. The molecule has 0 aliphatic carbocycles. The molecule has 2 N–H and O–H groups in total. The second-order valence-electron chi connectivity index (χ2n) is 4.53. The molecular weight excluding hydrogens is 311 g/mol. The van der Waals surface area contributed by atoms with Crippen LogP contribution in [0.2, 0.25) is 0 Å². The third kappa shape index (κ3) is 3.35. The van der Waals surface area contributed by atoms with E-state index in [1.807, 2.05) is 0 Å². The van der Waals surface area contributed by atoms with Crippen molar-refractivity contribution in [2.24, 2.45) is 5.92 Å². The van der Waals surface area contributed by atoms with E-state index in [4.69, 9.17) is 0 Å². The molecule has 0 spiro atoms. The van der Waals surface area contributed by atoms with Crippen molar-refractivity contribution in [1.82, 2.24) is 5.32 Å². The van der Waals surface area contributed by atoms with Gasteiger partial charge in [-0.2, -0.15) is 0 Å². The van der Waals surface area contributed by atoms with Crippen LogP contribution < -0.4 is 10.6 Å². The van der Waals surface area contributed by atoms with Crippen molar-refractivity contribution in [3.8, 4) is 0 Å². The fourth-order valence-electron chi connectivity index (χ4n) is 2.17. The number of hydrogen-bond donors (Lipinski definition) is 2. The van der Waals surface area contributed by atoms with E-state index in [1.54, 1.807) is 0 Å². The summed E-state index contributed by atoms with van der Waals surface area (Å²) in [5.74, 6) is 0.833. The minimum atomic E-state index is 0.833. The van der Waals surface area contributed by atoms with E-state index in [-0.39, 0.29) is 0 Å². The zero-order valence-electron chi connectivity index (χ0n) is 9.72. The number of benzene rings is 1. The van der Waals surface area contributed by atoms with E-state index >= 15 is 0 Å². The third-order valence-corrected chi connectivity index (χ3v) is 3.90. The van der Waals surface area contributed by atoms with Gasteiger partial charge in [-0.1, -0.05) is 0 Å². The summed E-state index contributed by atoms with van der Waals surface area (Å²) in [4.78, 5) is 0. The van der Waals surface area contributed by atoms with Gasteiger partial charge in [-0.25, -0.2) is 0 Å². The van der Waals surface area contributed by atoms with Crippen molar-refractivity contribution in [1.29, 1.82) is 0 Å². The summed E-state index contributed by atoms with van der Waals surface area (Å²) in [6, 6.07) is 6.59. The van der Waals surface area contributed by atoms with Gasteiger partial charge >= 0.3 is 0 Å². The van der Waals surface area contributed by atoms with E-state index in [9.17, 15) is 0 Å². The monoisotopic (exact) mass is 330 g/mol. The lowest BCUT2D eigenvalue weighted by Crippen LogP contribution is -2.31. The van der Waals surface area contributed by atoms with Crippen molar-refractivity contribution in [3.63, 3.8) is 0 Å². The van der Waals surface area contributed by atoms with E-state index < -0.39 is 0 Å². The summed E-state index contributed by atoms with van der Waals surface area (Å²) in [5.41, 5.74) is 2.64. The molecule has 0 amide bonds. The molecule has 16 heavy (non-hydrogen) atoms. The van der Waals surface area contributed by atoms with Gasteiger partial charge in [-0.3, -0.25) is 0 Å². The lowest BCUT2D eigenvalue weighted by atomic mass is 9.98. The Balaban J connectivity index is 1.88. The Hall–Kier alpha value is -0.290. The van der Waals surface area contributed by atoms with Crippen LogP contribution in [-0.2, 0) is 0 Å². The summed E-state index contributed by atoms with van der Waals surface area (Å²) in [7, 11) is 0. The predicted octanol–water partition coefficient (Wildman–Crippen LogP) is 3.01. The van der Waals surface area contributed by atoms with Gasteiger partial charge in [0.1, 0.15) is 0 Å². The van der Waals surface area contributed by atoms with E-state index in [0.29, 0.717) is 0 Å². The van der Waals surface area contributed by atoms with Gasteiger partial charge in [0.25, 0.3) is 0 Å². The molecule has 2 rings (SSSR count). The summed E-state index contributed by atoms with van der Waals surface area (Å²) in [6.45, 7) is 5.64. The second kappa shape index (κ2) is 5.87. The van der Waals surface area contributed by atoms with Crippen LogP contribution in [0.15, 0.2) is 18.2 Å². The van der Waals surface area contributed by atoms with Gasteiger partial charge in [0, 0.05) is 15.8 Å². The first-order valence-electron chi connectivity index (χ1n) is 5.96. The number of halogens is 1. The lowest BCUT2D eigenvalue weighted by molar-refractivity contribution is 0.390. The van der Waals surface area contributed by atoms with E-state index in [0.717, 1.165) is 12.5 Å².